The summed E-state index contributed by atoms with van der Waals surface area (Å²) in [7, 11) is 0. The minimum atomic E-state index is -0.0712. The first-order valence-corrected chi connectivity index (χ1v) is 6.01. The van der Waals surface area contributed by atoms with Gasteiger partial charge in [-0.05, 0) is 24.6 Å². The Labute approximate surface area is 106 Å². The van der Waals surface area contributed by atoms with Crippen molar-refractivity contribution in [2.45, 2.75) is 13.8 Å². The maximum Gasteiger partial charge on any atom is 0.251 e. The third-order valence-corrected chi connectivity index (χ3v) is 3.50. The summed E-state index contributed by atoms with van der Waals surface area (Å²) < 4.78 is 5.15. The fourth-order valence-electron chi connectivity index (χ4n) is 1.79. The molecular formula is C13H16ClNO2. The SMILES string of the molecule is Cc1c(Cl)cccc1C(=O)NCC1(C)COC1. The van der Waals surface area contributed by atoms with E-state index in [4.69, 9.17) is 16.3 Å². The van der Waals surface area contributed by atoms with Crippen molar-refractivity contribution in [1.29, 1.82) is 0 Å². The van der Waals surface area contributed by atoms with E-state index in [2.05, 4.69) is 12.2 Å². The third kappa shape index (κ3) is 2.61. The van der Waals surface area contributed by atoms with Crippen LogP contribution in [-0.4, -0.2) is 25.7 Å². The van der Waals surface area contributed by atoms with Crippen LogP contribution in [0.25, 0.3) is 0 Å². The Morgan fingerprint density at radius 3 is 2.82 bits per heavy atom. The van der Waals surface area contributed by atoms with Crippen molar-refractivity contribution >= 4 is 17.5 Å². The van der Waals surface area contributed by atoms with Crippen molar-refractivity contribution in [3.8, 4) is 0 Å². The molecule has 0 radical (unpaired) electrons. The van der Waals surface area contributed by atoms with Gasteiger partial charge in [-0.25, -0.2) is 0 Å². The van der Waals surface area contributed by atoms with Crippen LogP contribution in [0.2, 0.25) is 5.02 Å². The number of carbonyl (C=O) groups is 1. The molecule has 1 heterocycles. The molecular weight excluding hydrogens is 238 g/mol. The predicted molar refractivity (Wildman–Crippen MR) is 67.4 cm³/mol. The van der Waals surface area contributed by atoms with Crippen molar-refractivity contribution < 1.29 is 9.53 Å². The molecule has 1 aromatic rings. The Bertz CT molecular complexity index is 441. The molecule has 0 aromatic heterocycles. The van der Waals surface area contributed by atoms with E-state index in [1.165, 1.54) is 0 Å². The van der Waals surface area contributed by atoms with Crippen LogP contribution >= 0.6 is 11.6 Å². The molecule has 1 saturated heterocycles. The summed E-state index contributed by atoms with van der Waals surface area (Å²) in [5, 5.41) is 3.55. The van der Waals surface area contributed by atoms with Crippen LogP contribution in [0.1, 0.15) is 22.8 Å². The lowest BCUT2D eigenvalue weighted by Crippen LogP contribution is -2.48. The molecule has 92 valence electrons. The standard InChI is InChI=1S/C13H16ClNO2/c1-9-10(4-3-5-11(9)14)12(16)15-6-13(2)7-17-8-13/h3-5H,6-8H2,1-2H3,(H,15,16). The molecule has 17 heavy (non-hydrogen) atoms. The highest BCUT2D eigenvalue weighted by Gasteiger charge is 2.33. The molecule has 1 fully saturated rings. The van der Waals surface area contributed by atoms with Crippen molar-refractivity contribution in [3.63, 3.8) is 0 Å². The number of rotatable bonds is 3. The first-order chi connectivity index (χ1) is 8.02. The number of halogens is 1. The molecule has 0 saturated carbocycles. The first kappa shape index (κ1) is 12.4. The van der Waals surface area contributed by atoms with Crippen LogP contribution in [0.4, 0.5) is 0 Å². The van der Waals surface area contributed by atoms with Crippen molar-refractivity contribution in [3.05, 3.63) is 34.3 Å². The lowest BCUT2D eigenvalue weighted by Gasteiger charge is -2.38. The quantitative estimate of drug-likeness (QED) is 0.899. The van der Waals surface area contributed by atoms with Gasteiger partial charge in [-0.2, -0.15) is 0 Å². The Balaban J connectivity index is 2.02. The lowest BCUT2D eigenvalue weighted by molar-refractivity contribution is -0.0978. The predicted octanol–water partition coefficient (Wildman–Crippen LogP) is 2.41. The van der Waals surface area contributed by atoms with Gasteiger partial charge in [0.1, 0.15) is 0 Å². The molecule has 3 nitrogen and oxygen atoms in total. The van der Waals surface area contributed by atoms with Gasteiger partial charge in [0.2, 0.25) is 0 Å². The van der Waals surface area contributed by atoms with Gasteiger partial charge in [0.25, 0.3) is 5.91 Å². The third-order valence-electron chi connectivity index (χ3n) is 3.09. The Morgan fingerprint density at radius 2 is 2.24 bits per heavy atom. The lowest BCUT2D eigenvalue weighted by atomic mass is 9.88. The van der Waals surface area contributed by atoms with E-state index in [-0.39, 0.29) is 11.3 Å². The fourth-order valence-corrected chi connectivity index (χ4v) is 1.97. The van der Waals surface area contributed by atoms with Gasteiger partial charge in [-0.1, -0.05) is 24.6 Å². The Kier molecular flexibility index (Phi) is 3.40. The van der Waals surface area contributed by atoms with Crippen LogP contribution in [0.5, 0.6) is 0 Å². The van der Waals surface area contributed by atoms with E-state index in [9.17, 15) is 4.79 Å². The molecule has 0 atom stereocenters. The monoisotopic (exact) mass is 253 g/mol. The molecule has 4 heteroatoms. The average Bonchev–Trinajstić information content (AvgIpc) is 2.27. The molecule has 2 rings (SSSR count). The van der Waals surface area contributed by atoms with E-state index in [0.717, 1.165) is 5.56 Å². The highest BCUT2D eigenvalue weighted by atomic mass is 35.5. The maximum absolute atomic E-state index is 12.0. The number of ether oxygens (including phenoxy) is 1. The zero-order chi connectivity index (χ0) is 12.5. The summed E-state index contributed by atoms with van der Waals surface area (Å²) in [6.45, 7) is 6.01. The molecule has 1 amide bonds. The molecule has 1 aromatic carbocycles. The molecule has 0 bridgehead atoms. The summed E-state index contributed by atoms with van der Waals surface area (Å²) in [5.41, 5.74) is 1.55. The van der Waals surface area contributed by atoms with Crippen LogP contribution in [0.3, 0.4) is 0 Å². The molecule has 1 N–H and O–H groups in total. The second-order valence-electron chi connectivity index (χ2n) is 4.90. The number of carbonyl (C=O) groups excluding carboxylic acids is 1. The molecule has 0 spiro atoms. The zero-order valence-electron chi connectivity index (χ0n) is 10.0. The largest absolute Gasteiger partial charge is 0.380 e. The fraction of sp³-hybridized carbons (Fsp3) is 0.462. The first-order valence-electron chi connectivity index (χ1n) is 5.63. The minimum Gasteiger partial charge on any atom is -0.380 e. The highest BCUT2D eigenvalue weighted by molar-refractivity contribution is 6.31. The van der Waals surface area contributed by atoms with Crippen LogP contribution < -0.4 is 5.32 Å². The van der Waals surface area contributed by atoms with Crippen molar-refractivity contribution in [2.75, 3.05) is 19.8 Å². The number of nitrogens with one attached hydrogen (secondary N) is 1. The van der Waals surface area contributed by atoms with Gasteiger partial charge in [-0.15, -0.1) is 0 Å². The van der Waals surface area contributed by atoms with Gasteiger partial charge >= 0.3 is 0 Å². The summed E-state index contributed by atoms with van der Waals surface area (Å²) >= 11 is 5.99. The smallest absolute Gasteiger partial charge is 0.251 e. The van der Waals surface area contributed by atoms with Crippen LogP contribution in [0, 0.1) is 12.3 Å². The van der Waals surface area contributed by atoms with Gasteiger partial charge in [0, 0.05) is 22.5 Å². The van der Waals surface area contributed by atoms with Crippen molar-refractivity contribution in [2.24, 2.45) is 5.41 Å². The Hall–Kier alpha value is -1.06. The second kappa shape index (κ2) is 4.67. The minimum absolute atomic E-state index is 0.0712. The summed E-state index contributed by atoms with van der Waals surface area (Å²) in [6, 6.07) is 5.36. The van der Waals surface area contributed by atoms with Crippen LogP contribution in [-0.2, 0) is 4.74 Å². The second-order valence-corrected chi connectivity index (χ2v) is 5.31. The molecule has 1 aliphatic heterocycles. The number of hydrogen-bond donors (Lipinski definition) is 1. The normalized spacial score (nSPS) is 17.4. The van der Waals surface area contributed by atoms with E-state index < -0.39 is 0 Å². The number of benzene rings is 1. The van der Waals surface area contributed by atoms with Gasteiger partial charge in [0.15, 0.2) is 0 Å². The highest BCUT2D eigenvalue weighted by Crippen LogP contribution is 2.25. The van der Waals surface area contributed by atoms with E-state index in [1.807, 2.05) is 6.92 Å². The molecule has 0 aliphatic carbocycles. The zero-order valence-corrected chi connectivity index (χ0v) is 10.8. The molecule has 1 aliphatic rings. The van der Waals surface area contributed by atoms with Gasteiger partial charge < -0.3 is 10.1 Å². The van der Waals surface area contributed by atoms with Gasteiger partial charge in [0.05, 0.1) is 13.2 Å². The number of hydrogen-bond acceptors (Lipinski definition) is 2. The van der Waals surface area contributed by atoms with E-state index >= 15 is 0 Å². The number of amides is 1. The summed E-state index contributed by atoms with van der Waals surface area (Å²) in [6.07, 6.45) is 0. The molecule has 0 unspecified atom stereocenters. The average molecular weight is 254 g/mol. The van der Waals surface area contributed by atoms with E-state index in [1.54, 1.807) is 18.2 Å². The summed E-state index contributed by atoms with van der Waals surface area (Å²) in [4.78, 5) is 12.0. The van der Waals surface area contributed by atoms with E-state index in [0.29, 0.717) is 30.3 Å². The maximum atomic E-state index is 12.0. The van der Waals surface area contributed by atoms with Crippen LogP contribution in [0.15, 0.2) is 18.2 Å². The topological polar surface area (TPSA) is 38.3 Å². The van der Waals surface area contributed by atoms with Gasteiger partial charge in [-0.3, -0.25) is 4.79 Å². The summed E-state index contributed by atoms with van der Waals surface area (Å²) in [5.74, 6) is -0.0712. The van der Waals surface area contributed by atoms with Crippen molar-refractivity contribution in [1.82, 2.24) is 5.32 Å². The Morgan fingerprint density at radius 1 is 1.53 bits per heavy atom.